The van der Waals surface area contributed by atoms with Crippen molar-refractivity contribution in [2.75, 3.05) is 5.32 Å². The number of anilines is 1. The summed E-state index contributed by atoms with van der Waals surface area (Å²) in [6.45, 7) is 5.67. The van der Waals surface area contributed by atoms with E-state index in [0.717, 1.165) is 29.4 Å². The van der Waals surface area contributed by atoms with Crippen molar-refractivity contribution in [1.82, 2.24) is 5.32 Å². The van der Waals surface area contributed by atoms with Crippen LogP contribution in [-0.4, -0.2) is 23.8 Å². The quantitative estimate of drug-likeness (QED) is 0.389. The van der Waals surface area contributed by atoms with Crippen molar-refractivity contribution in [3.05, 3.63) is 40.9 Å². The number of hydrogen-bond acceptors (Lipinski definition) is 5. The maximum atomic E-state index is 12.3. The predicted octanol–water partition coefficient (Wildman–Crippen LogP) is 7.31. The first kappa shape index (κ1) is 21.9. The van der Waals surface area contributed by atoms with E-state index in [1.165, 1.54) is 26.0 Å². The van der Waals surface area contributed by atoms with Gasteiger partial charge >= 0.3 is 6.09 Å². The molecule has 2 aromatic carbocycles. The fourth-order valence-corrected chi connectivity index (χ4v) is 6.84. The van der Waals surface area contributed by atoms with E-state index in [1.54, 1.807) is 0 Å². The lowest BCUT2D eigenvalue weighted by Crippen LogP contribution is -2.49. The molecular weight excluding hydrogens is 480 g/mol. The molecule has 1 heterocycles. The van der Waals surface area contributed by atoms with Crippen molar-refractivity contribution >= 4 is 51.2 Å². The summed E-state index contributed by atoms with van der Waals surface area (Å²) < 4.78 is 6.61. The third kappa shape index (κ3) is 5.29. The molecule has 0 bridgehead atoms. The van der Waals surface area contributed by atoms with Gasteiger partial charge in [0.15, 0.2) is 0 Å². The summed E-state index contributed by atoms with van der Waals surface area (Å²) in [5, 5.41) is 6.77. The first-order valence-electron chi connectivity index (χ1n) is 10.3. The minimum atomic E-state index is -0.486. The topological polar surface area (TPSA) is 50.4 Å². The molecule has 1 aliphatic carbocycles. The van der Waals surface area contributed by atoms with Crippen LogP contribution in [0.15, 0.2) is 60.5 Å². The normalized spacial score (nSPS) is 20.7. The van der Waals surface area contributed by atoms with Crippen LogP contribution in [0.2, 0.25) is 0 Å². The number of rotatable bonds is 3. The van der Waals surface area contributed by atoms with Gasteiger partial charge in [-0.3, -0.25) is 0 Å². The van der Waals surface area contributed by atoms with E-state index in [2.05, 4.69) is 63.0 Å². The standard InChI is InChI=1S/C23H27BrN2O2S2/c1-23(2,3)28-22(27)26-17-9-5-4-8-16(17)25-14-11-12-18-20(13-14)29-19-10-6-7-15(24)21(19)30-18/h6-7,10-13,16-17,25H,4-5,8-9H2,1-3H3,(H,26,27)/t16-,17-/m1/s1. The SMILES string of the molecule is CC(C)(C)OC(=O)N[C@@H]1CCCC[C@H]1Nc1ccc2c(c1)Sc1cccc(Br)c1S2. The van der Waals surface area contributed by atoms with Crippen molar-refractivity contribution in [1.29, 1.82) is 0 Å². The van der Waals surface area contributed by atoms with Gasteiger partial charge in [-0.05, 0) is 79.9 Å². The summed E-state index contributed by atoms with van der Waals surface area (Å²) in [6, 6.07) is 13.2. The number of fused-ring (bicyclic) bond motifs is 2. The lowest BCUT2D eigenvalue weighted by Gasteiger charge is -2.34. The van der Waals surface area contributed by atoms with Crippen molar-refractivity contribution in [2.24, 2.45) is 0 Å². The van der Waals surface area contributed by atoms with Gasteiger partial charge in [-0.25, -0.2) is 4.79 Å². The smallest absolute Gasteiger partial charge is 0.407 e. The summed E-state index contributed by atoms with van der Waals surface area (Å²) in [6.07, 6.45) is 3.96. The van der Waals surface area contributed by atoms with Crippen molar-refractivity contribution in [3.8, 4) is 0 Å². The van der Waals surface area contributed by atoms with E-state index < -0.39 is 5.60 Å². The molecule has 2 aromatic rings. The van der Waals surface area contributed by atoms with Gasteiger partial charge < -0.3 is 15.4 Å². The molecule has 30 heavy (non-hydrogen) atoms. The molecule has 4 rings (SSSR count). The van der Waals surface area contributed by atoms with Crippen LogP contribution in [-0.2, 0) is 4.74 Å². The number of ether oxygens (including phenoxy) is 1. The molecule has 0 spiro atoms. The number of carbonyl (C=O) groups excluding carboxylic acids is 1. The van der Waals surface area contributed by atoms with Gasteiger partial charge in [0, 0.05) is 35.8 Å². The number of hydrogen-bond donors (Lipinski definition) is 2. The van der Waals surface area contributed by atoms with E-state index in [0.29, 0.717) is 0 Å². The Morgan fingerprint density at radius 3 is 2.57 bits per heavy atom. The zero-order chi connectivity index (χ0) is 21.3. The van der Waals surface area contributed by atoms with Crippen molar-refractivity contribution < 1.29 is 9.53 Å². The van der Waals surface area contributed by atoms with E-state index in [4.69, 9.17) is 4.74 Å². The Bertz CT molecular complexity index is 945. The molecule has 7 heteroatoms. The first-order chi connectivity index (χ1) is 14.3. The van der Waals surface area contributed by atoms with Crippen LogP contribution in [0.5, 0.6) is 0 Å². The zero-order valence-corrected chi connectivity index (χ0v) is 20.7. The van der Waals surface area contributed by atoms with Crippen LogP contribution in [0.25, 0.3) is 0 Å². The van der Waals surface area contributed by atoms with Gasteiger partial charge in [0.25, 0.3) is 0 Å². The van der Waals surface area contributed by atoms with E-state index in [9.17, 15) is 4.79 Å². The summed E-state index contributed by atoms with van der Waals surface area (Å²) in [7, 11) is 0. The molecular formula is C23H27BrN2O2S2. The summed E-state index contributed by atoms with van der Waals surface area (Å²) in [4.78, 5) is 17.4. The summed E-state index contributed by atoms with van der Waals surface area (Å²) in [5.74, 6) is 0. The Morgan fingerprint density at radius 2 is 1.80 bits per heavy atom. The van der Waals surface area contributed by atoms with Crippen LogP contribution < -0.4 is 10.6 Å². The number of carbonyl (C=O) groups is 1. The second kappa shape index (κ2) is 9.05. The fraction of sp³-hybridized carbons (Fsp3) is 0.435. The van der Waals surface area contributed by atoms with Gasteiger partial charge in [-0.15, -0.1) is 0 Å². The van der Waals surface area contributed by atoms with Gasteiger partial charge in [-0.1, -0.05) is 42.4 Å². The highest BCUT2D eigenvalue weighted by Crippen LogP contribution is 2.51. The van der Waals surface area contributed by atoms with Crippen LogP contribution in [0.3, 0.4) is 0 Å². The number of benzene rings is 2. The second-order valence-corrected chi connectivity index (χ2v) is 11.7. The lowest BCUT2D eigenvalue weighted by molar-refractivity contribution is 0.0488. The van der Waals surface area contributed by atoms with Crippen molar-refractivity contribution in [3.63, 3.8) is 0 Å². The number of alkyl carbamates (subject to hydrolysis) is 1. The Balaban J connectivity index is 1.46. The highest BCUT2D eigenvalue weighted by Gasteiger charge is 2.29. The molecule has 0 unspecified atom stereocenters. The van der Waals surface area contributed by atoms with E-state index >= 15 is 0 Å². The van der Waals surface area contributed by atoms with Gasteiger partial charge in [-0.2, -0.15) is 0 Å². The van der Waals surface area contributed by atoms with Gasteiger partial charge in [0.05, 0.1) is 6.04 Å². The van der Waals surface area contributed by atoms with Crippen LogP contribution >= 0.6 is 39.5 Å². The van der Waals surface area contributed by atoms with Crippen LogP contribution in [0.1, 0.15) is 46.5 Å². The molecule has 1 amide bonds. The minimum absolute atomic E-state index is 0.0725. The molecule has 0 aromatic heterocycles. The minimum Gasteiger partial charge on any atom is -0.444 e. The average Bonchev–Trinajstić information content (AvgIpc) is 2.67. The molecule has 4 nitrogen and oxygen atoms in total. The summed E-state index contributed by atoms with van der Waals surface area (Å²) >= 11 is 7.29. The molecule has 0 saturated heterocycles. The van der Waals surface area contributed by atoms with Crippen LogP contribution in [0, 0.1) is 0 Å². The molecule has 0 radical (unpaired) electrons. The lowest BCUT2D eigenvalue weighted by atomic mass is 9.90. The molecule has 1 saturated carbocycles. The predicted molar refractivity (Wildman–Crippen MR) is 128 cm³/mol. The summed E-state index contributed by atoms with van der Waals surface area (Å²) in [5.41, 5.74) is 0.614. The molecule has 1 aliphatic heterocycles. The third-order valence-corrected chi connectivity index (χ3v) is 8.65. The maximum Gasteiger partial charge on any atom is 0.407 e. The average molecular weight is 508 g/mol. The third-order valence-electron chi connectivity index (χ3n) is 5.13. The Kier molecular flexibility index (Phi) is 6.61. The Hall–Kier alpha value is -1.31. The maximum absolute atomic E-state index is 12.3. The van der Waals surface area contributed by atoms with Gasteiger partial charge in [0.2, 0.25) is 0 Å². The Labute approximate surface area is 195 Å². The second-order valence-electron chi connectivity index (χ2n) is 8.72. The van der Waals surface area contributed by atoms with E-state index in [1.807, 2.05) is 44.3 Å². The molecule has 160 valence electrons. The fourth-order valence-electron chi connectivity index (χ4n) is 3.81. The van der Waals surface area contributed by atoms with Gasteiger partial charge in [0.1, 0.15) is 5.60 Å². The molecule has 2 aliphatic rings. The number of amides is 1. The number of nitrogens with one attached hydrogen (secondary N) is 2. The van der Waals surface area contributed by atoms with E-state index in [-0.39, 0.29) is 18.2 Å². The highest BCUT2D eigenvalue weighted by atomic mass is 79.9. The number of halogens is 1. The molecule has 2 N–H and O–H groups in total. The molecule has 1 fully saturated rings. The Morgan fingerprint density at radius 1 is 1.03 bits per heavy atom. The monoisotopic (exact) mass is 506 g/mol. The zero-order valence-electron chi connectivity index (χ0n) is 17.5. The van der Waals surface area contributed by atoms with Crippen LogP contribution in [0.4, 0.5) is 10.5 Å². The highest BCUT2D eigenvalue weighted by molar-refractivity contribution is 9.10. The van der Waals surface area contributed by atoms with Crippen molar-refractivity contribution in [2.45, 2.75) is 83.7 Å². The molecule has 2 atom stereocenters. The largest absolute Gasteiger partial charge is 0.444 e. The first-order valence-corrected chi connectivity index (χ1v) is 12.8.